The van der Waals surface area contributed by atoms with Crippen molar-refractivity contribution in [1.82, 2.24) is 4.98 Å². The van der Waals surface area contributed by atoms with Gasteiger partial charge in [-0.2, -0.15) is 0 Å². The molecule has 5 nitrogen and oxygen atoms in total. The average Bonchev–Trinajstić information content (AvgIpc) is 2.40. The van der Waals surface area contributed by atoms with Gasteiger partial charge in [0.25, 0.3) is 5.91 Å². The highest BCUT2D eigenvalue weighted by molar-refractivity contribution is 7.97. The second-order valence-electron chi connectivity index (χ2n) is 3.89. The molecule has 7 heteroatoms. The molecular weight excluding hydrogens is 300 g/mol. The van der Waals surface area contributed by atoms with Gasteiger partial charge in [-0.1, -0.05) is 41.9 Å². The summed E-state index contributed by atoms with van der Waals surface area (Å²) >= 11 is 9.50. The van der Waals surface area contributed by atoms with E-state index in [0.717, 1.165) is 0 Å². The molecule has 0 aliphatic carbocycles. The topological polar surface area (TPSA) is 93.3 Å². The third kappa shape index (κ3) is 2.48. The van der Waals surface area contributed by atoms with Crippen LogP contribution in [0.15, 0.2) is 30.3 Å². The van der Waals surface area contributed by atoms with Gasteiger partial charge in [0.15, 0.2) is 5.75 Å². The van der Waals surface area contributed by atoms with Crippen molar-refractivity contribution in [3.05, 3.63) is 46.6 Å². The van der Waals surface area contributed by atoms with Gasteiger partial charge in [-0.05, 0) is 0 Å². The van der Waals surface area contributed by atoms with E-state index in [-0.39, 0.29) is 22.0 Å². The van der Waals surface area contributed by atoms with Crippen LogP contribution in [0.5, 0.6) is 5.75 Å². The van der Waals surface area contributed by atoms with E-state index in [9.17, 15) is 14.7 Å². The van der Waals surface area contributed by atoms with Crippen LogP contribution in [-0.2, 0) is 0 Å². The number of hydrogen-bond donors (Lipinski definition) is 3. The predicted molar refractivity (Wildman–Crippen MR) is 78.2 cm³/mol. The number of rotatable bonds is 3. The van der Waals surface area contributed by atoms with Gasteiger partial charge in [-0.25, -0.2) is 4.98 Å². The molecule has 0 bridgehead atoms. The fraction of sp³-hybridized carbons (Fsp3) is 0. The lowest BCUT2D eigenvalue weighted by molar-refractivity contribution is 0.0987. The van der Waals surface area contributed by atoms with E-state index in [1.54, 1.807) is 30.3 Å². The number of aromatic hydroxyl groups is 1. The van der Waals surface area contributed by atoms with Gasteiger partial charge in [0.1, 0.15) is 10.8 Å². The van der Waals surface area contributed by atoms with E-state index in [2.05, 4.69) is 17.6 Å². The van der Waals surface area contributed by atoms with Crippen molar-refractivity contribution in [3.63, 3.8) is 0 Å². The Bertz CT molecular complexity index is 705. The van der Waals surface area contributed by atoms with E-state index < -0.39 is 16.8 Å². The van der Waals surface area contributed by atoms with Crippen molar-refractivity contribution in [2.24, 2.45) is 5.73 Å². The number of carbonyl (C=O) groups excluding carboxylic acids is 2. The number of primary amides is 1. The van der Waals surface area contributed by atoms with Crippen LogP contribution in [-0.4, -0.2) is 21.1 Å². The minimum Gasteiger partial charge on any atom is -0.505 e. The number of hydrogen-bond acceptors (Lipinski definition) is 4. The fourth-order valence-electron chi connectivity index (χ4n) is 1.78. The fourth-order valence-corrected chi connectivity index (χ4v) is 2.33. The standard InChI is InChI=1S/C13H9ClN2O3S/c14-11-8(13(19)20)7(12(15)18)10(17)9(16-11)6-4-2-1-3-5-6/h1-5,17H,(H2,15,18)(H,19,20). The van der Waals surface area contributed by atoms with Gasteiger partial charge in [0, 0.05) is 5.56 Å². The van der Waals surface area contributed by atoms with Crippen molar-refractivity contribution in [2.45, 2.75) is 0 Å². The van der Waals surface area contributed by atoms with Gasteiger partial charge < -0.3 is 10.8 Å². The first-order valence-electron chi connectivity index (χ1n) is 5.44. The molecule has 0 saturated heterocycles. The highest BCUT2D eigenvalue weighted by Gasteiger charge is 2.25. The Labute approximate surface area is 124 Å². The smallest absolute Gasteiger partial charge is 0.253 e. The first kappa shape index (κ1) is 14.4. The van der Waals surface area contributed by atoms with Crippen LogP contribution in [0.4, 0.5) is 0 Å². The van der Waals surface area contributed by atoms with E-state index in [0.29, 0.717) is 5.56 Å². The monoisotopic (exact) mass is 308 g/mol. The number of nitrogens with two attached hydrogens (primary N) is 1. The summed E-state index contributed by atoms with van der Waals surface area (Å²) in [4.78, 5) is 26.8. The second kappa shape index (κ2) is 5.52. The highest BCUT2D eigenvalue weighted by Crippen LogP contribution is 2.35. The maximum absolute atomic E-state index is 11.5. The maximum Gasteiger partial charge on any atom is 0.253 e. The number of benzene rings is 1. The molecule has 0 unspecified atom stereocenters. The van der Waals surface area contributed by atoms with Gasteiger partial charge in [-0.15, -0.1) is 12.6 Å². The van der Waals surface area contributed by atoms with Gasteiger partial charge in [0.2, 0.25) is 5.12 Å². The summed E-state index contributed by atoms with van der Waals surface area (Å²) in [6, 6.07) is 8.58. The molecule has 2 rings (SSSR count). The first-order valence-corrected chi connectivity index (χ1v) is 6.27. The van der Waals surface area contributed by atoms with Crippen molar-refractivity contribution in [3.8, 4) is 17.0 Å². The summed E-state index contributed by atoms with van der Waals surface area (Å²) < 4.78 is 0. The zero-order valence-corrected chi connectivity index (χ0v) is 11.7. The summed E-state index contributed by atoms with van der Waals surface area (Å²) in [6.07, 6.45) is 0. The Morgan fingerprint density at radius 1 is 1.20 bits per heavy atom. The molecule has 102 valence electrons. The lowest BCUT2D eigenvalue weighted by Gasteiger charge is -2.12. The average molecular weight is 309 g/mol. The minimum atomic E-state index is -0.985. The Morgan fingerprint density at radius 3 is 2.30 bits per heavy atom. The summed E-state index contributed by atoms with van der Waals surface area (Å²) in [5, 5.41) is 9.12. The van der Waals surface area contributed by atoms with Crippen LogP contribution in [0.3, 0.4) is 0 Å². The molecule has 0 atom stereocenters. The largest absolute Gasteiger partial charge is 0.505 e. The van der Waals surface area contributed by atoms with Gasteiger partial charge in [-0.3, -0.25) is 9.59 Å². The number of pyridine rings is 1. The molecular formula is C13H9ClN2O3S. The van der Waals surface area contributed by atoms with E-state index >= 15 is 0 Å². The summed E-state index contributed by atoms with van der Waals surface area (Å²) in [5.74, 6) is -1.48. The molecule has 0 fully saturated rings. The lowest BCUT2D eigenvalue weighted by atomic mass is 10.0. The molecule has 3 N–H and O–H groups in total. The summed E-state index contributed by atoms with van der Waals surface area (Å²) in [6.45, 7) is 0. The molecule has 20 heavy (non-hydrogen) atoms. The Balaban J connectivity index is 2.81. The van der Waals surface area contributed by atoms with Gasteiger partial charge in [0.05, 0.1) is 11.1 Å². The molecule has 2 aromatic rings. The Morgan fingerprint density at radius 2 is 1.80 bits per heavy atom. The number of nitrogens with zero attached hydrogens (tertiary/aromatic N) is 1. The van der Waals surface area contributed by atoms with E-state index in [1.807, 2.05) is 0 Å². The quantitative estimate of drug-likeness (QED) is 0.599. The van der Waals surface area contributed by atoms with Crippen molar-refractivity contribution >= 4 is 35.3 Å². The molecule has 1 amide bonds. The van der Waals surface area contributed by atoms with Crippen molar-refractivity contribution < 1.29 is 14.7 Å². The SMILES string of the molecule is NC(=O)c1c(O)c(-c2ccccc2)nc(Cl)c1C(=O)S. The number of aromatic nitrogens is 1. The van der Waals surface area contributed by atoms with Crippen LogP contribution in [0.25, 0.3) is 11.3 Å². The van der Waals surface area contributed by atoms with Crippen LogP contribution in [0.2, 0.25) is 5.15 Å². The minimum absolute atomic E-state index is 0.0720. The molecule has 0 radical (unpaired) electrons. The zero-order valence-electron chi connectivity index (χ0n) is 10.0. The molecule has 0 spiro atoms. The third-order valence-electron chi connectivity index (χ3n) is 2.63. The van der Waals surface area contributed by atoms with Crippen LogP contribution < -0.4 is 5.73 Å². The number of thiol groups is 1. The molecule has 1 aromatic heterocycles. The van der Waals surface area contributed by atoms with Crippen molar-refractivity contribution in [1.29, 1.82) is 0 Å². The third-order valence-corrected chi connectivity index (χ3v) is 3.13. The van der Waals surface area contributed by atoms with Crippen LogP contribution in [0.1, 0.15) is 20.7 Å². The number of halogens is 1. The summed E-state index contributed by atoms with van der Waals surface area (Å²) in [7, 11) is 0. The van der Waals surface area contributed by atoms with Crippen LogP contribution >= 0.6 is 24.2 Å². The Kier molecular flexibility index (Phi) is 3.96. The first-order chi connectivity index (χ1) is 9.43. The second-order valence-corrected chi connectivity index (χ2v) is 4.65. The normalized spacial score (nSPS) is 10.3. The maximum atomic E-state index is 11.5. The molecule has 0 aliphatic rings. The molecule has 1 heterocycles. The number of amides is 1. The van der Waals surface area contributed by atoms with E-state index in [4.69, 9.17) is 17.3 Å². The lowest BCUT2D eigenvalue weighted by Crippen LogP contribution is -2.17. The van der Waals surface area contributed by atoms with Gasteiger partial charge >= 0.3 is 0 Å². The Hall–Kier alpha value is -2.05. The predicted octanol–water partition coefficient (Wildman–Crippen LogP) is 2.28. The molecule has 0 saturated carbocycles. The van der Waals surface area contributed by atoms with E-state index in [1.165, 1.54) is 0 Å². The van der Waals surface area contributed by atoms with Crippen LogP contribution in [0, 0.1) is 0 Å². The highest BCUT2D eigenvalue weighted by atomic mass is 35.5. The van der Waals surface area contributed by atoms with Crippen molar-refractivity contribution in [2.75, 3.05) is 0 Å². The molecule has 1 aromatic carbocycles. The number of carbonyl (C=O) groups is 2. The molecule has 0 aliphatic heterocycles. The zero-order chi connectivity index (χ0) is 14.9. The summed E-state index contributed by atoms with van der Waals surface area (Å²) in [5.41, 5.74) is 5.11.